The zero-order valence-corrected chi connectivity index (χ0v) is 17.0. The zero-order chi connectivity index (χ0) is 20.6. The van der Waals surface area contributed by atoms with Crippen LogP contribution in [0.25, 0.3) is 6.08 Å². The number of allylic oxidation sites excluding steroid dienone is 1. The van der Waals surface area contributed by atoms with Crippen molar-refractivity contribution in [1.29, 1.82) is 0 Å². The summed E-state index contributed by atoms with van der Waals surface area (Å²) in [5, 5.41) is 2.82. The van der Waals surface area contributed by atoms with Crippen molar-refractivity contribution in [2.45, 2.75) is 4.90 Å². The summed E-state index contributed by atoms with van der Waals surface area (Å²) in [4.78, 5) is 26.0. The maximum Gasteiger partial charge on any atom is 0.259 e. The standard InChI is InChI=1S/C24H21NO3S/c1-28-23-6-4-3-5-21(23)24(27)25-19-12-10-18(11-13-19)22(26)16-9-17-7-14-20(29-2)15-8-17/h3-16H,1-2H3,(H,25,27)/b16-9+. The van der Waals surface area contributed by atoms with Crippen molar-refractivity contribution in [3.63, 3.8) is 0 Å². The van der Waals surface area contributed by atoms with Gasteiger partial charge in [0.25, 0.3) is 5.91 Å². The number of ether oxygens (including phenoxy) is 1. The van der Waals surface area contributed by atoms with E-state index in [0.29, 0.717) is 22.6 Å². The van der Waals surface area contributed by atoms with Crippen molar-refractivity contribution >= 4 is 35.2 Å². The molecule has 0 unspecified atom stereocenters. The quantitative estimate of drug-likeness (QED) is 0.318. The zero-order valence-electron chi connectivity index (χ0n) is 16.2. The van der Waals surface area contributed by atoms with Crippen LogP contribution in [0.2, 0.25) is 0 Å². The Hall–Kier alpha value is -3.31. The lowest BCUT2D eigenvalue weighted by molar-refractivity contribution is 0.102. The number of para-hydroxylation sites is 1. The number of amides is 1. The fourth-order valence-electron chi connectivity index (χ4n) is 2.73. The Bertz CT molecular complexity index is 1020. The number of hydrogen-bond donors (Lipinski definition) is 1. The number of thioether (sulfide) groups is 1. The molecule has 0 bridgehead atoms. The van der Waals surface area contributed by atoms with Crippen LogP contribution in [-0.2, 0) is 0 Å². The van der Waals surface area contributed by atoms with Crippen LogP contribution in [0.5, 0.6) is 5.75 Å². The van der Waals surface area contributed by atoms with Gasteiger partial charge in [0.05, 0.1) is 12.7 Å². The van der Waals surface area contributed by atoms with Gasteiger partial charge in [-0.25, -0.2) is 0 Å². The van der Waals surface area contributed by atoms with E-state index in [-0.39, 0.29) is 11.7 Å². The fourth-order valence-corrected chi connectivity index (χ4v) is 3.14. The molecule has 3 aromatic rings. The van der Waals surface area contributed by atoms with E-state index in [2.05, 4.69) is 5.32 Å². The van der Waals surface area contributed by atoms with Crippen LogP contribution >= 0.6 is 11.8 Å². The number of carbonyl (C=O) groups is 2. The monoisotopic (exact) mass is 403 g/mol. The van der Waals surface area contributed by atoms with E-state index in [4.69, 9.17) is 4.74 Å². The first-order valence-corrected chi connectivity index (χ1v) is 10.2. The molecule has 0 heterocycles. The molecule has 0 atom stereocenters. The molecule has 3 aromatic carbocycles. The van der Waals surface area contributed by atoms with Crippen LogP contribution in [0.1, 0.15) is 26.3 Å². The number of rotatable bonds is 7. The van der Waals surface area contributed by atoms with Gasteiger partial charge in [0, 0.05) is 16.1 Å². The first-order chi connectivity index (χ1) is 14.1. The van der Waals surface area contributed by atoms with Gasteiger partial charge in [-0.3, -0.25) is 9.59 Å². The van der Waals surface area contributed by atoms with Gasteiger partial charge in [0.2, 0.25) is 0 Å². The summed E-state index contributed by atoms with van der Waals surface area (Å²) in [7, 11) is 1.52. The summed E-state index contributed by atoms with van der Waals surface area (Å²) in [5.41, 5.74) is 2.58. The lowest BCUT2D eigenvalue weighted by atomic mass is 10.1. The van der Waals surface area contributed by atoms with Crippen LogP contribution in [0, 0.1) is 0 Å². The van der Waals surface area contributed by atoms with Crippen LogP contribution in [-0.4, -0.2) is 25.1 Å². The number of carbonyl (C=O) groups excluding carboxylic acids is 2. The fraction of sp³-hybridized carbons (Fsp3) is 0.0833. The van der Waals surface area contributed by atoms with E-state index in [1.807, 2.05) is 30.5 Å². The normalized spacial score (nSPS) is 10.7. The summed E-state index contributed by atoms with van der Waals surface area (Å²) in [5.74, 6) is 0.143. The van der Waals surface area contributed by atoms with Gasteiger partial charge in [0.15, 0.2) is 5.78 Å². The maximum absolute atomic E-state index is 12.4. The first-order valence-electron chi connectivity index (χ1n) is 9.01. The van der Waals surface area contributed by atoms with E-state index in [0.717, 1.165) is 5.56 Å². The lowest BCUT2D eigenvalue weighted by Crippen LogP contribution is -2.13. The minimum atomic E-state index is -0.268. The van der Waals surface area contributed by atoms with Gasteiger partial charge >= 0.3 is 0 Å². The van der Waals surface area contributed by atoms with E-state index in [1.165, 1.54) is 12.0 Å². The third-order valence-electron chi connectivity index (χ3n) is 4.32. The van der Waals surface area contributed by atoms with Crippen LogP contribution in [0.3, 0.4) is 0 Å². The average Bonchev–Trinajstić information content (AvgIpc) is 2.78. The van der Waals surface area contributed by atoms with Crippen molar-refractivity contribution < 1.29 is 14.3 Å². The number of hydrogen-bond acceptors (Lipinski definition) is 4. The van der Waals surface area contributed by atoms with Crippen molar-refractivity contribution in [3.8, 4) is 5.75 Å². The summed E-state index contributed by atoms with van der Waals surface area (Å²) in [6.45, 7) is 0. The molecule has 0 aromatic heterocycles. The number of methoxy groups -OCH3 is 1. The molecule has 0 spiro atoms. The van der Waals surface area contributed by atoms with E-state index in [1.54, 1.807) is 72.4 Å². The van der Waals surface area contributed by atoms with Gasteiger partial charge in [-0.15, -0.1) is 11.8 Å². The largest absolute Gasteiger partial charge is 0.496 e. The summed E-state index contributed by atoms with van der Waals surface area (Å²) >= 11 is 1.68. The van der Waals surface area contributed by atoms with Crippen LogP contribution < -0.4 is 10.1 Å². The maximum atomic E-state index is 12.4. The third-order valence-corrected chi connectivity index (χ3v) is 5.07. The first kappa shape index (κ1) is 20.4. The molecule has 3 rings (SSSR count). The van der Waals surface area contributed by atoms with Gasteiger partial charge in [-0.1, -0.05) is 30.3 Å². The predicted octanol–water partition coefficient (Wildman–Crippen LogP) is 5.57. The second-order valence-electron chi connectivity index (χ2n) is 6.20. The molecule has 0 aliphatic heterocycles. The number of anilines is 1. The molecule has 29 heavy (non-hydrogen) atoms. The summed E-state index contributed by atoms with van der Waals surface area (Å²) in [6.07, 6.45) is 5.37. The van der Waals surface area contributed by atoms with Gasteiger partial charge in [0.1, 0.15) is 5.75 Å². The molecule has 0 fully saturated rings. The molecular weight excluding hydrogens is 382 g/mol. The van der Waals surface area contributed by atoms with Crippen molar-refractivity contribution in [2.75, 3.05) is 18.7 Å². The van der Waals surface area contributed by atoms with E-state index in [9.17, 15) is 9.59 Å². The highest BCUT2D eigenvalue weighted by atomic mass is 32.2. The second kappa shape index (κ2) is 9.75. The Morgan fingerprint density at radius 2 is 1.62 bits per heavy atom. The Labute approximate surface area is 174 Å². The highest BCUT2D eigenvalue weighted by Crippen LogP contribution is 2.20. The molecule has 0 radical (unpaired) electrons. The Kier molecular flexibility index (Phi) is 6.87. The molecule has 146 valence electrons. The van der Waals surface area contributed by atoms with E-state index < -0.39 is 0 Å². The molecule has 0 saturated carbocycles. The highest BCUT2D eigenvalue weighted by molar-refractivity contribution is 7.98. The van der Waals surface area contributed by atoms with Crippen LogP contribution in [0.15, 0.2) is 83.8 Å². The number of nitrogens with one attached hydrogen (secondary N) is 1. The van der Waals surface area contributed by atoms with Gasteiger partial charge < -0.3 is 10.1 Å². The molecule has 1 N–H and O–H groups in total. The predicted molar refractivity (Wildman–Crippen MR) is 119 cm³/mol. The summed E-state index contributed by atoms with van der Waals surface area (Å²) in [6, 6.07) is 21.8. The third kappa shape index (κ3) is 5.36. The molecule has 5 heteroatoms. The molecular formula is C24H21NO3S. The molecule has 4 nitrogen and oxygen atoms in total. The van der Waals surface area contributed by atoms with Crippen molar-refractivity contribution in [3.05, 3.63) is 95.6 Å². The minimum Gasteiger partial charge on any atom is -0.496 e. The molecule has 0 aliphatic rings. The van der Waals surface area contributed by atoms with E-state index >= 15 is 0 Å². The van der Waals surface area contributed by atoms with Gasteiger partial charge in [-0.05, 0) is 66.4 Å². The Morgan fingerprint density at radius 1 is 0.931 bits per heavy atom. The molecule has 0 saturated heterocycles. The SMILES string of the molecule is COc1ccccc1C(=O)Nc1ccc(C(=O)/C=C/c2ccc(SC)cc2)cc1. The van der Waals surface area contributed by atoms with Gasteiger partial charge in [-0.2, -0.15) is 0 Å². The topological polar surface area (TPSA) is 55.4 Å². The lowest BCUT2D eigenvalue weighted by Gasteiger charge is -2.09. The minimum absolute atomic E-state index is 0.0958. The molecule has 1 amide bonds. The number of ketones is 1. The highest BCUT2D eigenvalue weighted by Gasteiger charge is 2.12. The smallest absolute Gasteiger partial charge is 0.259 e. The average molecular weight is 404 g/mol. The number of benzene rings is 3. The summed E-state index contributed by atoms with van der Waals surface area (Å²) < 4.78 is 5.22. The van der Waals surface area contributed by atoms with Crippen molar-refractivity contribution in [2.24, 2.45) is 0 Å². The molecule has 0 aliphatic carbocycles. The van der Waals surface area contributed by atoms with Crippen LogP contribution in [0.4, 0.5) is 5.69 Å². The van der Waals surface area contributed by atoms with Crippen molar-refractivity contribution in [1.82, 2.24) is 0 Å². The second-order valence-corrected chi connectivity index (χ2v) is 7.08. The Balaban J connectivity index is 1.65. The Morgan fingerprint density at radius 3 is 2.28 bits per heavy atom.